The van der Waals surface area contributed by atoms with Crippen molar-refractivity contribution in [1.29, 1.82) is 0 Å². The third-order valence-electron chi connectivity index (χ3n) is 6.09. The molecule has 1 amide bonds. The monoisotopic (exact) mass is 399 g/mol. The van der Waals surface area contributed by atoms with Gasteiger partial charge >= 0.3 is 0 Å². The van der Waals surface area contributed by atoms with E-state index >= 15 is 0 Å². The van der Waals surface area contributed by atoms with E-state index in [1.807, 2.05) is 23.1 Å². The fourth-order valence-corrected chi connectivity index (χ4v) is 4.36. The van der Waals surface area contributed by atoms with Crippen LogP contribution in [0.5, 0.6) is 0 Å². The van der Waals surface area contributed by atoms with Crippen molar-refractivity contribution >= 4 is 16.7 Å². The number of carbonyl (C=O) groups is 1. The van der Waals surface area contributed by atoms with Gasteiger partial charge in [-0.1, -0.05) is 31.5 Å². The summed E-state index contributed by atoms with van der Waals surface area (Å²) in [5.74, 6) is -0.0670. The maximum atomic E-state index is 13.3. The van der Waals surface area contributed by atoms with E-state index in [1.54, 1.807) is 6.07 Å². The summed E-state index contributed by atoms with van der Waals surface area (Å²) in [7, 11) is 0. The normalized spacial score (nSPS) is 20.4. The summed E-state index contributed by atoms with van der Waals surface area (Å²) in [4.78, 5) is 29.5. The van der Waals surface area contributed by atoms with Crippen molar-refractivity contribution in [2.75, 3.05) is 39.3 Å². The molecular formula is C22H31N4O3+. The third kappa shape index (κ3) is 4.36. The molecule has 1 aromatic carbocycles. The summed E-state index contributed by atoms with van der Waals surface area (Å²) in [5.41, 5.74) is 0.287. The second-order valence-electron chi connectivity index (χ2n) is 8.16. The standard InChI is InChI=1S/C22H30N4O3/c1-2-3-10-26-21(27)19-9-5-4-8-18(19)20(23-26)22(28)25-13-11-24(12-14-25)16-17-7-6-15-29-17/h4-5,8-9,17H,2-3,6-7,10-16H2,1H3/p+1/t17-/m1/s1. The molecule has 3 heterocycles. The van der Waals surface area contributed by atoms with Gasteiger partial charge < -0.3 is 14.5 Å². The molecule has 2 aliphatic heterocycles. The van der Waals surface area contributed by atoms with Crippen molar-refractivity contribution in [3.63, 3.8) is 0 Å². The van der Waals surface area contributed by atoms with Gasteiger partial charge in [0.05, 0.1) is 31.6 Å². The average molecular weight is 400 g/mol. The molecule has 2 fully saturated rings. The summed E-state index contributed by atoms with van der Waals surface area (Å²) in [6.45, 7) is 7.82. The first-order valence-electron chi connectivity index (χ1n) is 10.9. The van der Waals surface area contributed by atoms with Crippen LogP contribution in [0.1, 0.15) is 43.1 Å². The first-order valence-corrected chi connectivity index (χ1v) is 10.9. The van der Waals surface area contributed by atoms with Crippen LogP contribution in [0.4, 0.5) is 0 Å². The smallest absolute Gasteiger partial charge is 0.275 e. The highest BCUT2D eigenvalue weighted by Crippen LogP contribution is 2.16. The minimum absolute atomic E-state index is 0.0670. The molecular weight excluding hydrogens is 368 g/mol. The topological polar surface area (TPSA) is 68.9 Å². The maximum Gasteiger partial charge on any atom is 0.275 e. The number of aromatic nitrogens is 2. The van der Waals surface area contributed by atoms with Crippen molar-refractivity contribution in [2.24, 2.45) is 0 Å². The average Bonchev–Trinajstić information content (AvgIpc) is 3.26. The van der Waals surface area contributed by atoms with E-state index in [9.17, 15) is 9.59 Å². The Labute approximate surface area is 171 Å². The molecule has 0 unspecified atom stereocenters. The van der Waals surface area contributed by atoms with Gasteiger partial charge in [0, 0.05) is 18.5 Å². The molecule has 2 saturated heterocycles. The fraction of sp³-hybridized carbons (Fsp3) is 0.591. The summed E-state index contributed by atoms with van der Waals surface area (Å²) in [5, 5.41) is 5.73. The number of carbonyl (C=O) groups excluding carboxylic acids is 1. The molecule has 1 N–H and O–H groups in total. The van der Waals surface area contributed by atoms with Crippen LogP contribution in [0.15, 0.2) is 29.1 Å². The van der Waals surface area contributed by atoms with Crippen LogP contribution in [0.2, 0.25) is 0 Å². The molecule has 156 valence electrons. The molecule has 29 heavy (non-hydrogen) atoms. The molecule has 0 aliphatic carbocycles. The zero-order chi connectivity index (χ0) is 20.2. The number of nitrogens with zero attached hydrogens (tertiary/aromatic N) is 3. The second-order valence-corrected chi connectivity index (χ2v) is 8.16. The minimum Gasteiger partial charge on any atom is -0.372 e. The van der Waals surface area contributed by atoms with Crippen molar-refractivity contribution < 1.29 is 14.4 Å². The lowest BCUT2D eigenvalue weighted by Gasteiger charge is -2.33. The van der Waals surface area contributed by atoms with Gasteiger partial charge in [-0.2, -0.15) is 5.10 Å². The van der Waals surface area contributed by atoms with Crippen LogP contribution >= 0.6 is 0 Å². The van der Waals surface area contributed by atoms with Crippen LogP contribution in [0, 0.1) is 0 Å². The molecule has 7 nitrogen and oxygen atoms in total. The molecule has 0 bridgehead atoms. The molecule has 2 aromatic rings. The van der Waals surface area contributed by atoms with E-state index < -0.39 is 0 Å². The van der Waals surface area contributed by atoms with Gasteiger partial charge in [-0.15, -0.1) is 0 Å². The summed E-state index contributed by atoms with van der Waals surface area (Å²) in [6, 6.07) is 7.33. The first-order chi connectivity index (χ1) is 14.2. The van der Waals surface area contributed by atoms with Gasteiger partial charge in [-0.3, -0.25) is 9.59 Å². The molecule has 4 rings (SSSR count). The van der Waals surface area contributed by atoms with Gasteiger partial charge in [0.25, 0.3) is 11.5 Å². The molecule has 7 heteroatoms. The molecule has 1 aromatic heterocycles. The number of ether oxygens (including phenoxy) is 1. The van der Waals surface area contributed by atoms with Crippen molar-refractivity contribution in [1.82, 2.24) is 14.7 Å². The lowest BCUT2D eigenvalue weighted by atomic mass is 10.1. The van der Waals surface area contributed by atoms with Crippen LogP contribution in [-0.2, 0) is 11.3 Å². The number of nitrogens with one attached hydrogen (secondary N) is 1. The maximum absolute atomic E-state index is 13.3. The number of amides is 1. The number of piperazine rings is 1. The van der Waals surface area contributed by atoms with E-state index in [0.717, 1.165) is 51.9 Å². The third-order valence-corrected chi connectivity index (χ3v) is 6.09. The fourth-order valence-electron chi connectivity index (χ4n) is 4.36. The van der Waals surface area contributed by atoms with E-state index in [1.165, 1.54) is 9.58 Å². The Morgan fingerprint density at radius 3 is 2.69 bits per heavy atom. The molecule has 0 spiro atoms. The van der Waals surface area contributed by atoms with Crippen LogP contribution in [-0.4, -0.2) is 66.0 Å². The number of quaternary nitrogens is 1. The number of fused-ring (bicyclic) bond motifs is 1. The van der Waals surface area contributed by atoms with E-state index in [2.05, 4.69) is 12.0 Å². The zero-order valence-corrected chi connectivity index (χ0v) is 17.2. The lowest BCUT2D eigenvalue weighted by Crippen LogP contribution is -3.15. The number of unbranched alkanes of at least 4 members (excludes halogenated alkanes) is 1. The number of aryl methyl sites for hydroxylation is 1. The molecule has 1 atom stereocenters. The van der Waals surface area contributed by atoms with E-state index in [0.29, 0.717) is 42.2 Å². The number of hydrogen-bond donors (Lipinski definition) is 1. The van der Waals surface area contributed by atoms with Gasteiger partial charge in [0.1, 0.15) is 12.6 Å². The Hall–Kier alpha value is -2.25. The lowest BCUT2D eigenvalue weighted by molar-refractivity contribution is -0.906. The molecule has 0 saturated carbocycles. The zero-order valence-electron chi connectivity index (χ0n) is 17.2. The Balaban J connectivity index is 1.52. The highest BCUT2D eigenvalue weighted by Gasteiger charge is 2.29. The summed E-state index contributed by atoms with van der Waals surface area (Å²) < 4.78 is 7.23. The van der Waals surface area contributed by atoms with Crippen molar-refractivity contribution in [3.05, 3.63) is 40.3 Å². The number of benzene rings is 1. The second kappa shape index (κ2) is 9.05. The Bertz CT molecular complexity index is 912. The Kier molecular flexibility index (Phi) is 6.25. The highest BCUT2D eigenvalue weighted by atomic mass is 16.5. The predicted molar refractivity (Wildman–Crippen MR) is 111 cm³/mol. The van der Waals surface area contributed by atoms with Crippen molar-refractivity contribution in [2.45, 2.75) is 45.3 Å². The van der Waals surface area contributed by atoms with Gasteiger partial charge in [0.2, 0.25) is 0 Å². The largest absolute Gasteiger partial charge is 0.372 e. The van der Waals surface area contributed by atoms with E-state index in [-0.39, 0.29) is 11.5 Å². The first kappa shape index (κ1) is 20.0. The molecule has 2 aliphatic rings. The number of rotatable bonds is 6. The van der Waals surface area contributed by atoms with E-state index in [4.69, 9.17) is 4.74 Å². The van der Waals surface area contributed by atoms with Gasteiger partial charge in [-0.05, 0) is 25.3 Å². The van der Waals surface area contributed by atoms with Crippen LogP contribution in [0.3, 0.4) is 0 Å². The Morgan fingerprint density at radius 1 is 1.24 bits per heavy atom. The highest BCUT2D eigenvalue weighted by molar-refractivity contribution is 6.04. The minimum atomic E-state index is -0.114. The van der Waals surface area contributed by atoms with Gasteiger partial charge in [0.15, 0.2) is 5.69 Å². The SMILES string of the molecule is CCCCn1nc(C(=O)N2CC[NH+](C[C@H]3CCCO3)CC2)c2ccccc2c1=O. The summed E-state index contributed by atoms with van der Waals surface area (Å²) >= 11 is 0. The molecule has 0 radical (unpaired) electrons. The summed E-state index contributed by atoms with van der Waals surface area (Å²) in [6.07, 6.45) is 4.53. The van der Waals surface area contributed by atoms with Gasteiger partial charge in [-0.25, -0.2) is 4.68 Å². The van der Waals surface area contributed by atoms with Crippen LogP contribution < -0.4 is 10.5 Å². The van der Waals surface area contributed by atoms with Crippen LogP contribution in [0.25, 0.3) is 10.8 Å². The van der Waals surface area contributed by atoms with Crippen molar-refractivity contribution in [3.8, 4) is 0 Å². The number of hydrogen-bond acceptors (Lipinski definition) is 4. The Morgan fingerprint density at radius 2 is 2.00 bits per heavy atom. The quantitative estimate of drug-likeness (QED) is 0.777. The predicted octanol–water partition coefficient (Wildman–Crippen LogP) is 0.716.